The summed E-state index contributed by atoms with van der Waals surface area (Å²) in [5.74, 6) is -0.0708. The summed E-state index contributed by atoms with van der Waals surface area (Å²) in [5, 5.41) is 13.8. The number of nitrogens with zero attached hydrogens (tertiary/aromatic N) is 2. The number of benzene rings is 1. The molecule has 100 valence electrons. The molecule has 0 saturated heterocycles. The Kier molecular flexibility index (Phi) is 3.22. The van der Waals surface area contributed by atoms with Crippen LogP contribution in [-0.2, 0) is 4.79 Å². The number of phenolic OH excluding ortho intramolecular Hbond substituents is 1. The van der Waals surface area contributed by atoms with Gasteiger partial charge in [0.2, 0.25) is 5.91 Å². The van der Waals surface area contributed by atoms with Crippen molar-refractivity contribution in [1.82, 2.24) is 9.38 Å². The number of rotatable bonds is 3. The summed E-state index contributed by atoms with van der Waals surface area (Å²) in [6.45, 7) is 0. The minimum atomic E-state index is -0.235. The average Bonchev–Trinajstić information content (AvgIpc) is 3.02. The van der Waals surface area contributed by atoms with Crippen LogP contribution in [0.2, 0.25) is 0 Å². The molecular weight excluding hydrogens is 274 g/mol. The molecule has 0 aliphatic heterocycles. The molecule has 2 N–H and O–H groups in total. The summed E-state index contributed by atoms with van der Waals surface area (Å²) < 4.78 is 1.91. The predicted octanol–water partition coefficient (Wildman–Crippen LogP) is 2.75. The lowest BCUT2D eigenvalue weighted by Gasteiger charge is -2.01. The van der Waals surface area contributed by atoms with Crippen LogP contribution in [0.1, 0.15) is 5.69 Å². The fourth-order valence-corrected chi connectivity index (χ4v) is 2.46. The molecule has 6 heteroatoms. The van der Waals surface area contributed by atoms with Crippen LogP contribution in [-0.4, -0.2) is 20.4 Å². The van der Waals surface area contributed by atoms with E-state index in [0.29, 0.717) is 5.69 Å². The van der Waals surface area contributed by atoms with Gasteiger partial charge in [-0.05, 0) is 30.3 Å². The van der Waals surface area contributed by atoms with Crippen LogP contribution in [0.4, 0.5) is 5.69 Å². The van der Waals surface area contributed by atoms with E-state index in [4.69, 9.17) is 5.11 Å². The van der Waals surface area contributed by atoms with Gasteiger partial charge >= 0.3 is 0 Å². The van der Waals surface area contributed by atoms with E-state index in [-0.39, 0.29) is 11.7 Å². The van der Waals surface area contributed by atoms with Crippen LogP contribution in [0.5, 0.6) is 5.75 Å². The van der Waals surface area contributed by atoms with Crippen molar-refractivity contribution in [3.8, 4) is 5.75 Å². The molecule has 0 aliphatic carbocycles. The standard InChI is InChI=1S/C14H11N3O2S/c18-12-4-1-10(2-5-12)16-13(19)6-3-11-9-15-14-17(11)7-8-20-14/h1-9,18H,(H,16,19)/b6-3+. The second-order valence-electron chi connectivity index (χ2n) is 4.11. The van der Waals surface area contributed by atoms with Gasteiger partial charge in [0.05, 0.1) is 11.9 Å². The smallest absolute Gasteiger partial charge is 0.248 e. The highest BCUT2D eigenvalue weighted by atomic mass is 32.1. The lowest BCUT2D eigenvalue weighted by Crippen LogP contribution is -2.07. The zero-order valence-corrected chi connectivity index (χ0v) is 11.2. The first-order chi connectivity index (χ1) is 9.72. The molecule has 3 rings (SSSR count). The summed E-state index contributed by atoms with van der Waals surface area (Å²) in [4.78, 5) is 16.9. The Balaban J connectivity index is 1.71. The highest BCUT2D eigenvalue weighted by molar-refractivity contribution is 7.15. The Morgan fingerprint density at radius 2 is 2.15 bits per heavy atom. The van der Waals surface area contributed by atoms with E-state index < -0.39 is 0 Å². The number of hydrogen-bond acceptors (Lipinski definition) is 4. The van der Waals surface area contributed by atoms with Crippen molar-refractivity contribution in [2.24, 2.45) is 0 Å². The monoisotopic (exact) mass is 285 g/mol. The molecule has 0 fully saturated rings. The van der Waals surface area contributed by atoms with Crippen molar-refractivity contribution < 1.29 is 9.90 Å². The normalized spacial score (nSPS) is 11.2. The van der Waals surface area contributed by atoms with Gasteiger partial charge < -0.3 is 10.4 Å². The molecular formula is C14H11N3O2S. The highest BCUT2D eigenvalue weighted by Crippen LogP contribution is 2.15. The fourth-order valence-electron chi connectivity index (χ4n) is 1.76. The first kappa shape index (κ1) is 12.4. The number of carbonyl (C=O) groups excluding carboxylic acids is 1. The lowest BCUT2D eigenvalue weighted by molar-refractivity contribution is -0.111. The Labute approximate surface area is 118 Å². The van der Waals surface area contributed by atoms with Crippen LogP contribution < -0.4 is 5.32 Å². The van der Waals surface area contributed by atoms with Crippen LogP contribution in [0, 0.1) is 0 Å². The lowest BCUT2D eigenvalue weighted by atomic mass is 10.3. The van der Waals surface area contributed by atoms with Gasteiger partial charge in [-0.1, -0.05) is 0 Å². The van der Waals surface area contributed by atoms with E-state index in [1.807, 2.05) is 16.0 Å². The van der Waals surface area contributed by atoms with Crippen LogP contribution >= 0.6 is 11.3 Å². The summed E-state index contributed by atoms with van der Waals surface area (Å²) in [5.41, 5.74) is 1.48. The first-order valence-corrected chi connectivity index (χ1v) is 6.79. The summed E-state index contributed by atoms with van der Waals surface area (Å²) >= 11 is 1.54. The van der Waals surface area contributed by atoms with Crippen molar-refractivity contribution in [3.05, 3.63) is 53.8 Å². The number of aromatic hydroxyl groups is 1. The van der Waals surface area contributed by atoms with Gasteiger partial charge in [0, 0.05) is 23.3 Å². The molecule has 0 spiro atoms. The van der Waals surface area contributed by atoms with Gasteiger partial charge in [-0.25, -0.2) is 4.98 Å². The minimum absolute atomic E-state index is 0.164. The van der Waals surface area contributed by atoms with Gasteiger partial charge in [0.1, 0.15) is 5.75 Å². The summed E-state index contributed by atoms with van der Waals surface area (Å²) in [6, 6.07) is 6.31. The van der Waals surface area contributed by atoms with Crippen molar-refractivity contribution >= 4 is 34.0 Å². The van der Waals surface area contributed by atoms with Gasteiger partial charge in [0.25, 0.3) is 0 Å². The van der Waals surface area contributed by atoms with E-state index in [9.17, 15) is 4.79 Å². The molecule has 0 bridgehead atoms. The minimum Gasteiger partial charge on any atom is -0.508 e. The number of thiazole rings is 1. The predicted molar refractivity (Wildman–Crippen MR) is 78.8 cm³/mol. The van der Waals surface area contributed by atoms with Gasteiger partial charge in [0.15, 0.2) is 4.96 Å². The first-order valence-electron chi connectivity index (χ1n) is 5.91. The van der Waals surface area contributed by atoms with E-state index in [1.165, 1.54) is 18.2 Å². The van der Waals surface area contributed by atoms with Crippen LogP contribution in [0.3, 0.4) is 0 Å². The number of amides is 1. The Morgan fingerprint density at radius 1 is 1.35 bits per heavy atom. The molecule has 2 heterocycles. The maximum absolute atomic E-state index is 11.8. The SMILES string of the molecule is O=C(/C=C/c1cnc2sccn12)Nc1ccc(O)cc1. The topological polar surface area (TPSA) is 66.6 Å². The molecule has 0 unspecified atom stereocenters. The number of carbonyl (C=O) groups is 1. The molecule has 1 aromatic carbocycles. The molecule has 0 aliphatic rings. The number of phenols is 1. The molecule has 0 radical (unpaired) electrons. The maximum atomic E-state index is 11.8. The molecule has 20 heavy (non-hydrogen) atoms. The molecule has 3 aromatic rings. The molecule has 2 aromatic heterocycles. The van der Waals surface area contributed by atoms with Gasteiger partial charge in [-0.2, -0.15) is 0 Å². The largest absolute Gasteiger partial charge is 0.508 e. The highest BCUT2D eigenvalue weighted by Gasteiger charge is 2.02. The number of fused-ring (bicyclic) bond motifs is 1. The second kappa shape index (κ2) is 5.18. The third-order valence-electron chi connectivity index (χ3n) is 2.72. The van der Waals surface area contributed by atoms with E-state index >= 15 is 0 Å². The van der Waals surface area contributed by atoms with E-state index in [1.54, 1.807) is 35.7 Å². The maximum Gasteiger partial charge on any atom is 0.248 e. The number of nitrogens with one attached hydrogen (secondary N) is 1. The van der Waals surface area contributed by atoms with Crippen molar-refractivity contribution in [3.63, 3.8) is 0 Å². The van der Waals surface area contributed by atoms with Crippen molar-refractivity contribution in [2.75, 3.05) is 5.32 Å². The molecule has 1 amide bonds. The number of aromatic nitrogens is 2. The average molecular weight is 285 g/mol. The van der Waals surface area contributed by atoms with Crippen molar-refractivity contribution in [1.29, 1.82) is 0 Å². The third-order valence-corrected chi connectivity index (χ3v) is 3.49. The summed E-state index contributed by atoms with van der Waals surface area (Å²) in [6.07, 6.45) is 6.79. The molecule has 0 saturated carbocycles. The molecule has 5 nitrogen and oxygen atoms in total. The fraction of sp³-hybridized carbons (Fsp3) is 0. The van der Waals surface area contributed by atoms with E-state index in [0.717, 1.165) is 10.7 Å². The van der Waals surface area contributed by atoms with Gasteiger partial charge in [-0.15, -0.1) is 11.3 Å². The van der Waals surface area contributed by atoms with Crippen LogP contribution in [0.15, 0.2) is 48.1 Å². The zero-order chi connectivity index (χ0) is 13.9. The van der Waals surface area contributed by atoms with Gasteiger partial charge in [-0.3, -0.25) is 9.20 Å². The Morgan fingerprint density at radius 3 is 2.95 bits per heavy atom. The third kappa shape index (κ3) is 2.55. The zero-order valence-electron chi connectivity index (χ0n) is 10.4. The molecule has 0 atom stereocenters. The number of imidazole rings is 1. The number of hydrogen-bond donors (Lipinski definition) is 2. The summed E-state index contributed by atoms with van der Waals surface area (Å²) in [7, 11) is 0. The van der Waals surface area contributed by atoms with E-state index in [2.05, 4.69) is 10.3 Å². The Bertz CT molecular complexity index is 771. The second-order valence-corrected chi connectivity index (χ2v) is 4.98. The Hall–Kier alpha value is -2.60. The quantitative estimate of drug-likeness (QED) is 0.574. The van der Waals surface area contributed by atoms with Crippen LogP contribution in [0.25, 0.3) is 11.0 Å². The van der Waals surface area contributed by atoms with Crippen molar-refractivity contribution in [2.45, 2.75) is 0 Å². The number of anilines is 1.